The first-order valence-electron chi connectivity index (χ1n) is 6.08. The van der Waals surface area contributed by atoms with E-state index in [0.29, 0.717) is 18.5 Å². The summed E-state index contributed by atoms with van der Waals surface area (Å²) in [7, 11) is 0. The van der Waals surface area contributed by atoms with E-state index in [9.17, 15) is 9.59 Å². The number of ketones is 1. The Morgan fingerprint density at radius 3 is 2.67 bits per heavy atom. The average Bonchev–Trinajstić information content (AvgIpc) is 2.27. The molecule has 0 spiro atoms. The number of nitrogens with zero attached hydrogens (tertiary/aromatic N) is 1. The third-order valence-corrected chi connectivity index (χ3v) is 2.71. The lowest BCUT2D eigenvalue weighted by Crippen LogP contribution is -2.37. The summed E-state index contributed by atoms with van der Waals surface area (Å²) in [6.07, 6.45) is 5.60. The summed E-state index contributed by atoms with van der Waals surface area (Å²) >= 11 is 0. The van der Waals surface area contributed by atoms with Crippen LogP contribution in [0.1, 0.15) is 40.0 Å². The Morgan fingerprint density at radius 2 is 2.17 bits per heavy atom. The van der Waals surface area contributed by atoms with Crippen molar-refractivity contribution in [2.45, 2.75) is 40.0 Å². The van der Waals surface area contributed by atoms with E-state index in [4.69, 9.17) is 0 Å². The highest BCUT2D eigenvalue weighted by Crippen LogP contribution is 2.20. The molecular formula is C14H20N2O2. The summed E-state index contributed by atoms with van der Waals surface area (Å²) in [6, 6.07) is 0. The molecule has 0 atom stereocenters. The van der Waals surface area contributed by atoms with Gasteiger partial charge in [0.05, 0.1) is 0 Å². The fraction of sp³-hybridized carbons (Fsp3) is 0.429. The topological polar surface area (TPSA) is 49.4 Å². The molecule has 1 amide bonds. The lowest BCUT2D eigenvalue weighted by molar-refractivity contribution is -0.118. The van der Waals surface area contributed by atoms with Crippen molar-refractivity contribution in [1.82, 2.24) is 10.2 Å². The van der Waals surface area contributed by atoms with Crippen LogP contribution in [0.2, 0.25) is 0 Å². The molecule has 1 rings (SSSR count). The second-order valence-corrected chi connectivity index (χ2v) is 4.44. The molecule has 1 N–H and O–H groups in total. The number of carbonyl (C=O) groups excluding carboxylic acids is 2. The molecule has 0 saturated carbocycles. The lowest BCUT2D eigenvalue weighted by atomic mass is 10.1. The maximum absolute atomic E-state index is 11.9. The van der Waals surface area contributed by atoms with Crippen molar-refractivity contribution in [3.05, 3.63) is 35.9 Å². The second kappa shape index (κ2) is 6.19. The quantitative estimate of drug-likeness (QED) is 0.760. The van der Waals surface area contributed by atoms with Crippen LogP contribution in [-0.2, 0) is 9.59 Å². The molecule has 0 unspecified atom stereocenters. The molecule has 0 aromatic heterocycles. The van der Waals surface area contributed by atoms with Crippen molar-refractivity contribution in [3.63, 3.8) is 0 Å². The molecule has 18 heavy (non-hydrogen) atoms. The van der Waals surface area contributed by atoms with Crippen molar-refractivity contribution < 1.29 is 9.59 Å². The number of Topliss-reactive ketones (excluding diaryl/α,β-unsaturated/α-hetero) is 1. The van der Waals surface area contributed by atoms with Gasteiger partial charge in [-0.2, -0.15) is 0 Å². The van der Waals surface area contributed by atoms with E-state index in [1.807, 2.05) is 20.0 Å². The first-order valence-corrected chi connectivity index (χ1v) is 6.08. The third kappa shape index (κ3) is 3.58. The third-order valence-electron chi connectivity index (χ3n) is 2.71. The van der Waals surface area contributed by atoms with Crippen LogP contribution in [0.5, 0.6) is 0 Å². The van der Waals surface area contributed by atoms with Gasteiger partial charge in [0.2, 0.25) is 0 Å². The Balaban J connectivity index is 2.78. The van der Waals surface area contributed by atoms with E-state index in [1.54, 1.807) is 17.9 Å². The van der Waals surface area contributed by atoms with Gasteiger partial charge in [0.25, 0.3) is 5.91 Å². The van der Waals surface area contributed by atoms with E-state index >= 15 is 0 Å². The summed E-state index contributed by atoms with van der Waals surface area (Å²) in [5.41, 5.74) is 2.20. The highest BCUT2D eigenvalue weighted by atomic mass is 16.2. The number of hydrogen-bond acceptors (Lipinski definition) is 3. The summed E-state index contributed by atoms with van der Waals surface area (Å²) in [6.45, 7) is 9.11. The molecule has 0 aromatic carbocycles. The van der Waals surface area contributed by atoms with Crippen LogP contribution in [0.3, 0.4) is 0 Å². The van der Waals surface area contributed by atoms with Crippen LogP contribution < -0.4 is 5.32 Å². The van der Waals surface area contributed by atoms with Crippen LogP contribution in [0.4, 0.5) is 0 Å². The Morgan fingerprint density at radius 1 is 1.50 bits per heavy atom. The van der Waals surface area contributed by atoms with Crippen molar-refractivity contribution >= 4 is 11.7 Å². The molecule has 4 nitrogen and oxygen atoms in total. The number of rotatable bonds is 5. The lowest BCUT2D eigenvalue weighted by Gasteiger charge is -2.29. The Labute approximate surface area is 108 Å². The molecule has 0 aliphatic carbocycles. The van der Waals surface area contributed by atoms with Crippen molar-refractivity contribution in [1.29, 1.82) is 0 Å². The smallest absolute Gasteiger partial charge is 0.272 e. The standard InChI is InChI=1S/C14H20N2O2/c1-5-13-14(18)15-12(8-6-7-11(4)17)9-16(13)10(2)3/h5,9H,2,6-8H2,1,3-4H3,(H,15,18)/b13-5-. The highest BCUT2D eigenvalue weighted by molar-refractivity contribution is 5.95. The average molecular weight is 248 g/mol. The Kier molecular flexibility index (Phi) is 4.89. The van der Waals surface area contributed by atoms with Gasteiger partial charge >= 0.3 is 0 Å². The van der Waals surface area contributed by atoms with Crippen molar-refractivity contribution in [3.8, 4) is 0 Å². The number of nitrogens with one attached hydrogen (secondary N) is 1. The molecule has 0 aromatic rings. The van der Waals surface area contributed by atoms with Crippen LogP contribution in [0, 0.1) is 0 Å². The van der Waals surface area contributed by atoms with Gasteiger partial charge in [-0.1, -0.05) is 12.7 Å². The van der Waals surface area contributed by atoms with Gasteiger partial charge in [0.1, 0.15) is 11.5 Å². The largest absolute Gasteiger partial charge is 0.323 e. The molecule has 4 heteroatoms. The van der Waals surface area contributed by atoms with E-state index in [2.05, 4.69) is 11.9 Å². The Hall–Kier alpha value is -1.84. The van der Waals surface area contributed by atoms with E-state index in [-0.39, 0.29) is 11.7 Å². The minimum Gasteiger partial charge on any atom is -0.323 e. The van der Waals surface area contributed by atoms with E-state index < -0.39 is 0 Å². The van der Waals surface area contributed by atoms with E-state index in [1.165, 1.54) is 0 Å². The summed E-state index contributed by atoms with van der Waals surface area (Å²) < 4.78 is 0. The summed E-state index contributed by atoms with van der Waals surface area (Å²) in [5, 5.41) is 2.84. The van der Waals surface area contributed by atoms with Crippen LogP contribution in [-0.4, -0.2) is 16.6 Å². The van der Waals surface area contributed by atoms with Crippen molar-refractivity contribution in [2.75, 3.05) is 0 Å². The van der Waals surface area contributed by atoms with Crippen LogP contribution in [0.25, 0.3) is 0 Å². The zero-order valence-corrected chi connectivity index (χ0v) is 11.2. The molecule has 1 aliphatic heterocycles. The first-order chi connectivity index (χ1) is 8.45. The molecule has 98 valence electrons. The van der Waals surface area contributed by atoms with Gasteiger partial charge in [0.15, 0.2) is 0 Å². The summed E-state index contributed by atoms with van der Waals surface area (Å²) in [4.78, 5) is 24.5. The van der Waals surface area contributed by atoms with Gasteiger partial charge in [-0.05, 0) is 33.6 Å². The predicted molar refractivity (Wildman–Crippen MR) is 71.2 cm³/mol. The van der Waals surface area contributed by atoms with Crippen LogP contribution >= 0.6 is 0 Å². The SMILES string of the molecule is C=C(C)N1C=C(CCCC(C)=O)NC(=O)/C1=C/C. The van der Waals surface area contributed by atoms with E-state index in [0.717, 1.165) is 17.8 Å². The zero-order chi connectivity index (χ0) is 13.7. The fourth-order valence-corrected chi connectivity index (χ4v) is 1.82. The number of carbonyl (C=O) groups is 2. The first kappa shape index (κ1) is 14.2. The van der Waals surface area contributed by atoms with Gasteiger partial charge < -0.3 is 15.0 Å². The van der Waals surface area contributed by atoms with Gasteiger partial charge in [-0.15, -0.1) is 0 Å². The molecule has 1 aliphatic rings. The van der Waals surface area contributed by atoms with Crippen LogP contribution in [0.15, 0.2) is 35.9 Å². The molecule has 0 saturated heterocycles. The molecule has 0 fully saturated rings. The second-order valence-electron chi connectivity index (χ2n) is 4.44. The maximum atomic E-state index is 11.9. The molecule has 1 heterocycles. The van der Waals surface area contributed by atoms with Gasteiger partial charge in [0, 0.05) is 24.0 Å². The number of allylic oxidation sites excluding steroid dienone is 3. The molecular weight excluding hydrogens is 228 g/mol. The minimum absolute atomic E-state index is 0.124. The predicted octanol–water partition coefficient (Wildman–Crippen LogP) is 2.46. The van der Waals surface area contributed by atoms with Crippen molar-refractivity contribution in [2.24, 2.45) is 0 Å². The maximum Gasteiger partial charge on any atom is 0.272 e. The monoisotopic (exact) mass is 248 g/mol. The summed E-state index contributed by atoms with van der Waals surface area (Å²) in [5.74, 6) is 0.0458. The molecule has 0 radical (unpaired) electrons. The van der Waals surface area contributed by atoms with Gasteiger partial charge in [-0.3, -0.25) is 4.79 Å². The highest BCUT2D eigenvalue weighted by Gasteiger charge is 2.22. The van der Waals surface area contributed by atoms with Gasteiger partial charge in [-0.25, -0.2) is 0 Å². The fourth-order valence-electron chi connectivity index (χ4n) is 1.82. The normalized spacial score (nSPS) is 17.5. The Bertz CT molecular complexity index is 433. The minimum atomic E-state index is -0.124. The zero-order valence-electron chi connectivity index (χ0n) is 11.2. The number of amides is 1. The number of hydrogen-bond donors (Lipinski definition) is 1. The molecule has 0 bridgehead atoms.